The van der Waals surface area contributed by atoms with Crippen LogP contribution in [0.3, 0.4) is 0 Å². The summed E-state index contributed by atoms with van der Waals surface area (Å²) in [7, 11) is -4.64. The quantitative estimate of drug-likeness (QED) is 0.0153. The molecule has 0 aromatic heterocycles. The molecule has 12 heteroatoms. The minimum atomic E-state index is -4.64. The van der Waals surface area contributed by atoms with E-state index in [-0.39, 0.29) is 19.4 Å². The van der Waals surface area contributed by atoms with E-state index >= 15 is 0 Å². The van der Waals surface area contributed by atoms with Crippen LogP contribution in [0.1, 0.15) is 162 Å². The molecule has 0 amide bonds. The fourth-order valence-electron chi connectivity index (χ4n) is 5.46. The molecule has 0 radical (unpaired) electrons. The molecule has 0 saturated heterocycles. The monoisotopic (exact) mass is 813 g/mol. The molecule has 0 aliphatic rings. The fourth-order valence-corrected chi connectivity index (χ4v) is 6.25. The van der Waals surface area contributed by atoms with E-state index in [9.17, 15) is 29.3 Å². The lowest BCUT2D eigenvalue weighted by molar-refractivity contribution is -0.161. The van der Waals surface area contributed by atoms with Gasteiger partial charge in [-0.2, -0.15) is 0 Å². The van der Waals surface area contributed by atoms with Gasteiger partial charge in [-0.25, -0.2) is 4.57 Å². The second-order valence-electron chi connectivity index (χ2n) is 14.2. The molecule has 0 saturated carbocycles. The molecule has 324 valence electrons. The Hall–Kier alpha value is -2.37. The molecule has 56 heavy (non-hydrogen) atoms. The standard InChI is InChI=1S/C44H77O11P/c1-3-5-7-8-9-10-11-12-13-14-18-21-24-27-30-34-43(48)52-38-42(39-54-56(50,51)53-37-41(47)36-45)55-44(49)35-31-28-25-22-19-16-15-17-20-23-26-29-33-40(46)32-6-4-2/h6,15-16,20,22-23,25-26,29,32,40-42,45-47H,3-5,7-14,17-19,21,24,27-28,30-31,33-39H2,1-2H3,(H,50,51)/b16-15-,23-20-,25-22-,29-26+,32-6-/t40?,41-,42+/m0/s1. The Labute approximate surface area is 338 Å². The summed E-state index contributed by atoms with van der Waals surface area (Å²) in [6.45, 7) is 2.06. The highest BCUT2D eigenvalue weighted by atomic mass is 31.2. The predicted octanol–water partition coefficient (Wildman–Crippen LogP) is 10.1. The normalized spacial score (nSPS) is 15.0. The summed E-state index contributed by atoms with van der Waals surface area (Å²) in [6, 6.07) is 0. The van der Waals surface area contributed by atoms with E-state index in [0.29, 0.717) is 25.7 Å². The van der Waals surface area contributed by atoms with Gasteiger partial charge in [0.1, 0.15) is 12.7 Å². The Bertz CT molecular complexity index is 1130. The number of carbonyl (C=O) groups excluding carboxylic acids is 2. The third-order valence-corrected chi connectivity index (χ3v) is 9.71. The van der Waals surface area contributed by atoms with Gasteiger partial charge in [0.15, 0.2) is 6.10 Å². The summed E-state index contributed by atoms with van der Waals surface area (Å²) in [4.78, 5) is 34.9. The maximum absolute atomic E-state index is 12.6. The zero-order valence-electron chi connectivity index (χ0n) is 34.7. The van der Waals surface area contributed by atoms with Crippen molar-refractivity contribution >= 4 is 19.8 Å². The van der Waals surface area contributed by atoms with Crippen molar-refractivity contribution in [1.82, 2.24) is 0 Å². The molecule has 0 rings (SSSR count). The average molecular weight is 813 g/mol. The smallest absolute Gasteiger partial charge is 0.462 e. The van der Waals surface area contributed by atoms with Crippen LogP contribution in [-0.2, 0) is 32.7 Å². The molecule has 4 atom stereocenters. The number of phosphoric ester groups is 1. The summed E-state index contributed by atoms with van der Waals surface area (Å²) in [5.74, 6) is -1.02. The molecule has 0 aromatic rings. The van der Waals surface area contributed by atoms with Crippen molar-refractivity contribution in [2.45, 2.75) is 180 Å². The number of hydrogen-bond acceptors (Lipinski definition) is 10. The van der Waals surface area contributed by atoms with E-state index in [4.69, 9.17) is 19.1 Å². The lowest BCUT2D eigenvalue weighted by atomic mass is 10.0. The first kappa shape index (κ1) is 53.6. The SMILES string of the molecule is CC/C=C\C(O)C/C=C/C=C\C/C=C\C/C=C\CCCC(=O)O[C@H](COC(=O)CCCCCCCCCCCCCCCCC)COP(=O)(O)OC[C@@H](O)CO. The second kappa shape index (κ2) is 39.5. The summed E-state index contributed by atoms with van der Waals surface area (Å²) >= 11 is 0. The maximum atomic E-state index is 12.6. The number of esters is 2. The number of aliphatic hydroxyl groups is 3. The molecule has 4 N–H and O–H groups in total. The first-order chi connectivity index (χ1) is 27.1. The molecular weight excluding hydrogens is 735 g/mol. The Morgan fingerprint density at radius 3 is 1.77 bits per heavy atom. The number of ether oxygens (including phenoxy) is 2. The highest BCUT2D eigenvalue weighted by molar-refractivity contribution is 7.47. The largest absolute Gasteiger partial charge is 0.472 e. The van der Waals surface area contributed by atoms with E-state index in [2.05, 4.69) is 23.6 Å². The summed E-state index contributed by atoms with van der Waals surface area (Å²) in [5, 5.41) is 28.1. The Kier molecular flexibility index (Phi) is 37.8. The van der Waals surface area contributed by atoms with Crippen LogP contribution in [0.2, 0.25) is 0 Å². The van der Waals surface area contributed by atoms with Gasteiger partial charge in [-0.1, -0.05) is 164 Å². The number of phosphoric acid groups is 1. The van der Waals surface area contributed by atoms with Gasteiger partial charge < -0.3 is 29.7 Å². The van der Waals surface area contributed by atoms with Crippen LogP contribution >= 0.6 is 7.82 Å². The topological polar surface area (TPSA) is 169 Å². The number of rotatable bonds is 39. The van der Waals surface area contributed by atoms with Crippen LogP contribution in [0.25, 0.3) is 0 Å². The fraction of sp³-hybridized carbons (Fsp3) is 0.727. The third kappa shape index (κ3) is 38.5. The second-order valence-corrected chi connectivity index (χ2v) is 15.6. The molecule has 0 fully saturated rings. The Balaban J connectivity index is 4.44. The van der Waals surface area contributed by atoms with Crippen molar-refractivity contribution in [1.29, 1.82) is 0 Å². The van der Waals surface area contributed by atoms with Crippen molar-refractivity contribution in [3.8, 4) is 0 Å². The first-order valence-corrected chi connectivity index (χ1v) is 22.8. The van der Waals surface area contributed by atoms with Crippen LogP contribution in [0.15, 0.2) is 60.8 Å². The lowest BCUT2D eigenvalue weighted by Crippen LogP contribution is -2.29. The molecule has 0 bridgehead atoms. The summed E-state index contributed by atoms with van der Waals surface area (Å²) < 4.78 is 32.6. The molecule has 0 spiro atoms. The zero-order valence-corrected chi connectivity index (χ0v) is 35.6. The highest BCUT2D eigenvalue weighted by Crippen LogP contribution is 2.43. The van der Waals surface area contributed by atoms with Crippen LogP contribution in [-0.4, -0.2) is 76.9 Å². The zero-order chi connectivity index (χ0) is 41.4. The van der Waals surface area contributed by atoms with Gasteiger partial charge in [0.2, 0.25) is 0 Å². The van der Waals surface area contributed by atoms with Crippen LogP contribution < -0.4 is 0 Å². The third-order valence-electron chi connectivity index (χ3n) is 8.76. The maximum Gasteiger partial charge on any atom is 0.472 e. The summed E-state index contributed by atoms with van der Waals surface area (Å²) in [6.07, 6.45) is 39.6. The van der Waals surface area contributed by atoms with Crippen molar-refractivity contribution in [3.05, 3.63) is 60.8 Å². The van der Waals surface area contributed by atoms with Crippen LogP contribution in [0.5, 0.6) is 0 Å². The van der Waals surface area contributed by atoms with Gasteiger partial charge in [-0.05, 0) is 44.9 Å². The Morgan fingerprint density at radius 1 is 0.625 bits per heavy atom. The number of hydrogen-bond donors (Lipinski definition) is 4. The number of unbranched alkanes of at least 4 members (excludes halogenated alkanes) is 15. The van der Waals surface area contributed by atoms with Gasteiger partial charge in [0.25, 0.3) is 0 Å². The van der Waals surface area contributed by atoms with E-state index in [1.165, 1.54) is 70.6 Å². The molecule has 0 aliphatic heterocycles. The van der Waals surface area contributed by atoms with Gasteiger partial charge in [-0.3, -0.25) is 18.6 Å². The molecule has 0 heterocycles. The predicted molar refractivity (Wildman–Crippen MR) is 225 cm³/mol. The average Bonchev–Trinajstić information content (AvgIpc) is 3.18. The number of allylic oxidation sites excluding steroid dienone is 8. The molecule has 2 unspecified atom stereocenters. The van der Waals surface area contributed by atoms with Gasteiger partial charge in [-0.15, -0.1) is 0 Å². The van der Waals surface area contributed by atoms with Crippen LogP contribution in [0.4, 0.5) is 0 Å². The van der Waals surface area contributed by atoms with E-state index in [1.807, 2.05) is 49.5 Å². The molecule has 0 aromatic carbocycles. The van der Waals surface area contributed by atoms with E-state index in [0.717, 1.165) is 38.5 Å². The minimum absolute atomic E-state index is 0.0873. The molecule has 11 nitrogen and oxygen atoms in total. The van der Waals surface area contributed by atoms with E-state index < -0.39 is 57.9 Å². The van der Waals surface area contributed by atoms with Crippen molar-refractivity contribution in [2.24, 2.45) is 0 Å². The van der Waals surface area contributed by atoms with Gasteiger partial charge >= 0.3 is 19.8 Å². The first-order valence-electron chi connectivity index (χ1n) is 21.4. The van der Waals surface area contributed by atoms with Crippen LogP contribution in [0, 0.1) is 0 Å². The van der Waals surface area contributed by atoms with Crippen molar-refractivity contribution < 1.29 is 52.9 Å². The van der Waals surface area contributed by atoms with Crippen molar-refractivity contribution in [2.75, 3.05) is 26.4 Å². The molecule has 0 aliphatic carbocycles. The molecular formula is C44H77O11P. The van der Waals surface area contributed by atoms with Gasteiger partial charge in [0.05, 0.1) is 25.9 Å². The van der Waals surface area contributed by atoms with E-state index in [1.54, 1.807) is 6.08 Å². The Morgan fingerprint density at radius 2 is 1.16 bits per heavy atom. The summed E-state index contributed by atoms with van der Waals surface area (Å²) in [5.41, 5.74) is 0. The lowest BCUT2D eigenvalue weighted by Gasteiger charge is -2.20. The number of aliphatic hydroxyl groups excluding tert-OH is 3. The van der Waals surface area contributed by atoms with Crippen molar-refractivity contribution in [3.63, 3.8) is 0 Å². The number of carbonyl (C=O) groups is 2. The minimum Gasteiger partial charge on any atom is -0.462 e. The highest BCUT2D eigenvalue weighted by Gasteiger charge is 2.27. The van der Waals surface area contributed by atoms with Gasteiger partial charge in [0, 0.05) is 12.8 Å².